The first-order chi connectivity index (χ1) is 7.96. The molecule has 6 nitrogen and oxygen atoms in total. The van der Waals surface area contributed by atoms with E-state index in [-0.39, 0.29) is 5.41 Å². The summed E-state index contributed by atoms with van der Waals surface area (Å²) in [5.41, 5.74) is 6.71. The van der Waals surface area contributed by atoms with E-state index < -0.39 is 0 Å². The van der Waals surface area contributed by atoms with Gasteiger partial charge in [-0.3, -0.25) is 0 Å². The minimum atomic E-state index is -0.0693. The van der Waals surface area contributed by atoms with Crippen LogP contribution in [0.2, 0.25) is 0 Å². The number of ether oxygens (including phenoxy) is 2. The molecule has 1 rings (SSSR count). The molecule has 0 radical (unpaired) electrons. The Morgan fingerprint density at radius 3 is 2.53 bits per heavy atom. The summed E-state index contributed by atoms with van der Waals surface area (Å²) in [6.45, 7) is 8.69. The van der Waals surface area contributed by atoms with Crippen LogP contribution in [0.15, 0.2) is 0 Å². The second kappa shape index (κ2) is 5.97. The highest BCUT2D eigenvalue weighted by Gasteiger charge is 2.23. The molecule has 17 heavy (non-hydrogen) atoms. The van der Waals surface area contributed by atoms with Gasteiger partial charge in [0, 0.05) is 12.5 Å². The number of nitrogens with zero attached hydrogens (tertiary/aromatic N) is 3. The lowest BCUT2D eigenvalue weighted by atomic mass is 9.92. The molecule has 0 aromatic carbocycles. The Morgan fingerprint density at radius 2 is 1.94 bits per heavy atom. The number of hydrogen-bond donors (Lipinski definition) is 1. The van der Waals surface area contributed by atoms with E-state index in [0.717, 1.165) is 5.69 Å². The quantitative estimate of drug-likeness (QED) is 0.747. The Balaban J connectivity index is 2.54. The summed E-state index contributed by atoms with van der Waals surface area (Å²) in [5.74, 6) is 0.495. The number of nitrogen functional groups attached to an aromatic ring is 1. The van der Waals surface area contributed by atoms with Crippen LogP contribution in [0, 0.1) is 0 Å². The second-order valence-corrected chi connectivity index (χ2v) is 4.90. The number of anilines is 1. The number of hydrogen-bond acceptors (Lipinski definition) is 5. The summed E-state index contributed by atoms with van der Waals surface area (Å²) in [5, 5.41) is 7.94. The van der Waals surface area contributed by atoms with E-state index in [1.54, 1.807) is 7.11 Å². The van der Waals surface area contributed by atoms with E-state index >= 15 is 0 Å². The van der Waals surface area contributed by atoms with Gasteiger partial charge in [0.1, 0.15) is 0 Å². The molecule has 0 amide bonds. The minimum absolute atomic E-state index is 0.0693. The molecule has 0 saturated carbocycles. The summed E-state index contributed by atoms with van der Waals surface area (Å²) >= 11 is 0. The van der Waals surface area contributed by atoms with Gasteiger partial charge in [0.05, 0.1) is 32.1 Å². The Kier molecular flexibility index (Phi) is 4.89. The molecular formula is C11H22N4O2. The predicted molar refractivity (Wildman–Crippen MR) is 65.8 cm³/mol. The fourth-order valence-corrected chi connectivity index (χ4v) is 1.65. The van der Waals surface area contributed by atoms with Crippen LogP contribution in [0.1, 0.15) is 26.5 Å². The molecule has 0 spiro atoms. The zero-order valence-electron chi connectivity index (χ0n) is 11.1. The Labute approximate surface area is 102 Å². The number of rotatable bonds is 6. The zero-order valence-corrected chi connectivity index (χ0v) is 11.1. The van der Waals surface area contributed by atoms with Gasteiger partial charge in [-0.15, -0.1) is 5.10 Å². The molecule has 0 aliphatic heterocycles. The Morgan fingerprint density at radius 1 is 1.24 bits per heavy atom. The smallest absolute Gasteiger partial charge is 0.169 e. The van der Waals surface area contributed by atoms with Crippen LogP contribution in [-0.2, 0) is 21.4 Å². The summed E-state index contributed by atoms with van der Waals surface area (Å²) < 4.78 is 12.1. The lowest BCUT2D eigenvalue weighted by Gasteiger charge is -2.20. The molecule has 1 aromatic heterocycles. The topological polar surface area (TPSA) is 75.2 Å². The van der Waals surface area contributed by atoms with E-state index in [4.69, 9.17) is 15.2 Å². The normalized spacial score (nSPS) is 12.0. The molecule has 0 aliphatic rings. The zero-order chi connectivity index (χ0) is 12.9. The van der Waals surface area contributed by atoms with Gasteiger partial charge in [-0.05, 0) is 0 Å². The van der Waals surface area contributed by atoms with Crippen LogP contribution < -0.4 is 5.73 Å². The Hall–Kier alpha value is -1.14. The second-order valence-electron chi connectivity index (χ2n) is 4.90. The number of aromatic nitrogens is 3. The summed E-state index contributed by atoms with van der Waals surface area (Å²) in [6, 6.07) is 0. The maximum Gasteiger partial charge on any atom is 0.169 e. The standard InChI is InChI=1S/C11H22N4O2/c1-11(2,3)9-10(12)13-14-15(9)5-6-17-8-7-16-4/h5-8,12H2,1-4H3. The van der Waals surface area contributed by atoms with Gasteiger partial charge in [0.25, 0.3) is 0 Å². The predicted octanol–water partition coefficient (Wildman–Crippen LogP) is 0.821. The molecular weight excluding hydrogens is 220 g/mol. The third kappa shape index (κ3) is 3.98. The van der Waals surface area contributed by atoms with Crippen molar-refractivity contribution in [2.75, 3.05) is 32.7 Å². The van der Waals surface area contributed by atoms with E-state index in [2.05, 4.69) is 31.1 Å². The van der Waals surface area contributed by atoms with Gasteiger partial charge >= 0.3 is 0 Å². The van der Waals surface area contributed by atoms with Crippen LogP contribution in [0.5, 0.6) is 0 Å². The first kappa shape index (κ1) is 13.9. The number of methoxy groups -OCH3 is 1. The minimum Gasteiger partial charge on any atom is -0.382 e. The van der Waals surface area contributed by atoms with Crippen LogP contribution in [0.3, 0.4) is 0 Å². The van der Waals surface area contributed by atoms with Crippen molar-refractivity contribution in [3.05, 3.63) is 5.69 Å². The van der Waals surface area contributed by atoms with Crippen molar-refractivity contribution in [2.24, 2.45) is 0 Å². The van der Waals surface area contributed by atoms with Crippen molar-refractivity contribution < 1.29 is 9.47 Å². The third-order valence-electron chi connectivity index (χ3n) is 2.35. The molecule has 1 heterocycles. The monoisotopic (exact) mass is 242 g/mol. The van der Waals surface area contributed by atoms with Crippen molar-refractivity contribution in [1.82, 2.24) is 15.0 Å². The fourth-order valence-electron chi connectivity index (χ4n) is 1.65. The summed E-state index contributed by atoms with van der Waals surface area (Å²) in [7, 11) is 1.65. The number of nitrogens with two attached hydrogens (primary N) is 1. The SMILES string of the molecule is COCCOCCn1nnc(N)c1C(C)(C)C. The van der Waals surface area contributed by atoms with Gasteiger partial charge in [0.2, 0.25) is 0 Å². The maximum absolute atomic E-state index is 5.82. The molecule has 0 unspecified atom stereocenters. The lowest BCUT2D eigenvalue weighted by molar-refractivity contribution is 0.0646. The lowest BCUT2D eigenvalue weighted by Crippen LogP contribution is -2.22. The van der Waals surface area contributed by atoms with Crippen LogP contribution in [-0.4, -0.2) is 41.9 Å². The highest BCUT2D eigenvalue weighted by molar-refractivity contribution is 5.37. The van der Waals surface area contributed by atoms with Crippen LogP contribution in [0.4, 0.5) is 5.82 Å². The average Bonchev–Trinajstić information content (AvgIpc) is 2.59. The molecule has 0 saturated heterocycles. The molecule has 0 bridgehead atoms. The largest absolute Gasteiger partial charge is 0.382 e. The van der Waals surface area contributed by atoms with E-state index in [1.807, 2.05) is 4.68 Å². The highest BCUT2D eigenvalue weighted by atomic mass is 16.5. The average molecular weight is 242 g/mol. The van der Waals surface area contributed by atoms with Gasteiger partial charge in [-0.2, -0.15) is 0 Å². The molecule has 1 aromatic rings. The molecule has 6 heteroatoms. The van der Waals surface area contributed by atoms with Crippen LogP contribution in [0.25, 0.3) is 0 Å². The van der Waals surface area contributed by atoms with Crippen molar-refractivity contribution in [3.63, 3.8) is 0 Å². The molecule has 2 N–H and O–H groups in total. The highest BCUT2D eigenvalue weighted by Crippen LogP contribution is 2.25. The van der Waals surface area contributed by atoms with Gasteiger partial charge in [-0.25, -0.2) is 4.68 Å². The summed E-state index contributed by atoms with van der Waals surface area (Å²) in [4.78, 5) is 0. The van der Waals surface area contributed by atoms with Gasteiger partial charge < -0.3 is 15.2 Å². The molecule has 98 valence electrons. The van der Waals surface area contributed by atoms with Crippen LogP contribution >= 0.6 is 0 Å². The maximum atomic E-state index is 5.82. The molecule has 0 aliphatic carbocycles. The third-order valence-corrected chi connectivity index (χ3v) is 2.35. The van der Waals surface area contributed by atoms with Crippen molar-refractivity contribution in [2.45, 2.75) is 32.7 Å². The van der Waals surface area contributed by atoms with Crippen molar-refractivity contribution >= 4 is 5.82 Å². The van der Waals surface area contributed by atoms with Gasteiger partial charge in [-0.1, -0.05) is 26.0 Å². The van der Waals surface area contributed by atoms with E-state index in [0.29, 0.717) is 32.2 Å². The van der Waals surface area contributed by atoms with Gasteiger partial charge in [0.15, 0.2) is 5.82 Å². The Bertz CT molecular complexity index is 344. The van der Waals surface area contributed by atoms with Crippen molar-refractivity contribution in [3.8, 4) is 0 Å². The van der Waals surface area contributed by atoms with E-state index in [1.165, 1.54) is 0 Å². The first-order valence-corrected chi connectivity index (χ1v) is 5.73. The molecule has 0 atom stereocenters. The van der Waals surface area contributed by atoms with E-state index in [9.17, 15) is 0 Å². The summed E-state index contributed by atoms with van der Waals surface area (Å²) in [6.07, 6.45) is 0. The fraction of sp³-hybridized carbons (Fsp3) is 0.818. The molecule has 0 fully saturated rings. The van der Waals surface area contributed by atoms with Crippen molar-refractivity contribution in [1.29, 1.82) is 0 Å². The first-order valence-electron chi connectivity index (χ1n) is 5.73.